The molecule has 4 aromatic rings. The van der Waals surface area contributed by atoms with Gasteiger partial charge in [0.25, 0.3) is 15.9 Å². The van der Waals surface area contributed by atoms with E-state index in [0.717, 1.165) is 40.4 Å². The van der Waals surface area contributed by atoms with Crippen LogP contribution in [0.1, 0.15) is 15.2 Å². The fourth-order valence-electron chi connectivity index (χ4n) is 2.64. The minimum Gasteiger partial charge on any atom is -0.297 e. The Morgan fingerprint density at radius 3 is 2.50 bits per heavy atom. The van der Waals surface area contributed by atoms with Gasteiger partial charge in [0.05, 0.1) is 10.2 Å². The quantitative estimate of drug-likeness (QED) is 0.434. The van der Waals surface area contributed by atoms with Crippen LogP contribution in [0.15, 0.2) is 52.7 Å². The minimum atomic E-state index is -4.00. The summed E-state index contributed by atoms with van der Waals surface area (Å²) < 4.78 is 55.0. The summed E-state index contributed by atoms with van der Waals surface area (Å²) in [7, 11) is -4.00. The highest BCUT2D eigenvalue weighted by atomic mass is 32.2. The first kappa shape index (κ1) is 20.4. The van der Waals surface area contributed by atoms with Gasteiger partial charge in [-0.25, -0.2) is 22.2 Å². The molecular formula is C19H13F2N3O3S3. The fraction of sp³-hybridized carbons (Fsp3) is 0.0526. The number of benzene rings is 2. The van der Waals surface area contributed by atoms with Gasteiger partial charge in [-0.15, -0.1) is 11.3 Å². The molecule has 2 aromatic heterocycles. The van der Waals surface area contributed by atoms with E-state index < -0.39 is 27.6 Å². The first-order chi connectivity index (χ1) is 14.2. The molecule has 0 radical (unpaired) electrons. The van der Waals surface area contributed by atoms with Crippen molar-refractivity contribution < 1.29 is 22.0 Å². The molecule has 0 spiro atoms. The van der Waals surface area contributed by atoms with Gasteiger partial charge in [-0.05, 0) is 36.6 Å². The summed E-state index contributed by atoms with van der Waals surface area (Å²) in [5, 5.41) is 4.09. The number of sulfonamides is 1. The van der Waals surface area contributed by atoms with Crippen LogP contribution in [0, 0.1) is 18.6 Å². The van der Waals surface area contributed by atoms with Crippen LogP contribution in [-0.4, -0.2) is 19.3 Å². The number of thiazole rings is 1. The molecule has 4 rings (SSSR count). The van der Waals surface area contributed by atoms with Crippen molar-refractivity contribution in [1.29, 1.82) is 0 Å². The topological polar surface area (TPSA) is 88.2 Å². The molecule has 6 nitrogen and oxygen atoms in total. The molecule has 2 N–H and O–H groups in total. The van der Waals surface area contributed by atoms with Gasteiger partial charge in [-0.2, -0.15) is 0 Å². The molecule has 0 aliphatic rings. The molecule has 154 valence electrons. The average molecular weight is 466 g/mol. The number of aryl methyl sites for hydroxylation is 1. The lowest BCUT2D eigenvalue weighted by Crippen LogP contribution is -2.18. The number of anilines is 2. The van der Waals surface area contributed by atoms with Crippen molar-refractivity contribution >= 4 is 59.6 Å². The summed E-state index contributed by atoms with van der Waals surface area (Å²) in [6.45, 7) is 1.88. The predicted molar refractivity (Wildman–Crippen MR) is 114 cm³/mol. The maximum Gasteiger partial charge on any atom is 0.268 e. The van der Waals surface area contributed by atoms with E-state index in [2.05, 4.69) is 15.0 Å². The summed E-state index contributed by atoms with van der Waals surface area (Å²) in [5.74, 6) is -2.74. The molecule has 0 saturated heterocycles. The third kappa shape index (κ3) is 4.04. The Labute approximate surface area is 178 Å². The molecule has 0 aliphatic carbocycles. The number of fused-ring (bicyclic) bond motifs is 1. The van der Waals surface area contributed by atoms with Gasteiger partial charge in [0.2, 0.25) is 0 Å². The normalized spacial score (nSPS) is 11.6. The van der Waals surface area contributed by atoms with Crippen molar-refractivity contribution in [3.05, 3.63) is 69.9 Å². The van der Waals surface area contributed by atoms with E-state index in [0.29, 0.717) is 10.4 Å². The van der Waals surface area contributed by atoms with Gasteiger partial charge >= 0.3 is 0 Å². The maximum absolute atomic E-state index is 13.4. The molecule has 2 aromatic carbocycles. The van der Waals surface area contributed by atoms with Crippen molar-refractivity contribution in [3.63, 3.8) is 0 Å². The highest BCUT2D eigenvalue weighted by Gasteiger charge is 2.25. The second-order valence-electron chi connectivity index (χ2n) is 6.29. The molecule has 0 aliphatic heterocycles. The van der Waals surface area contributed by atoms with Gasteiger partial charge in [0.15, 0.2) is 16.8 Å². The highest BCUT2D eigenvalue weighted by Crippen LogP contribution is 2.30. The van der Waals surface area contributed by atoms with Crippen molar-refractivity contribution in [2.75, 3.05) is 10.0 Å². The van der Waals surface area contributed by atoms with Gasteiger partial charge in [0.1, 0.15) is 9.77 Å². The van der Waals surface area contributed by atoms with Crippen LogP contribution in [0.3, 0.4) is 0 Å². The van der Waals surface area contributed by atoms with Crippen LogP contribution >= 0.6 is 22.7 Å². The van der Waals surface area contributed by atoms with E-state index in [1.165, 1.54) is 11.4 Å². The summed E-state index contributed by atoms with van der Waals surface area (Å²) in [6.07, 6.45) is 0. The number of nitrogens with zero attached hydrogens (tertiary/aromatic N) is 1. The number of hydrogen-bond donors (Lipinski definition) is 2. The molecule has 0 atom stereocenters. The number of nitrogens with one attached hydrogen (secondary N) is 2. The number of aromatic nitrogens is 1. The molecule has 1 amide bonds. The number of amides is 1. The smallest absolute Gasteiger partial charge is 0.268 e. The Morgan fingerprint density at radius 2 is 1.77 bits per heavy atom. The summed E-state index contributed by atoms with van der Waals surface area (Å²) in [6, 6.07) is 10.0. The van der Waals surface area contributed by atoms with E-state index in [4.69, 9.17) is 0 Å². The molecule has 0 saturated carbocycles. The van der Waals surface area contributed by atoms with Crippen LogP contribution in [-0.2, 0) is 10.0 Å². The Balaban J connectivity index is 1.59. The third-order valence-electron chi connectivity index (χ3n) is 4.08. The number of thiophene rings is 1. The summed E-state index contributed by atoms with van der Waals surface area (Å²) in [5.41, 5.74) is 1.53. The molecule has 0 unspecified atom stereocenters. The molecule has 0 fully saturated rings. The first-order valence-electron chi connectivity index (χ1n) is 8.47. The van der Waals surface area contributed by atoms with Crippen LogP contribution in [0.5, 0.6) is 0 Å². The molecule has 0 bridgehead atoms. The zero-order chi connectivity index (χ0) is 21.5. The number of rotatable bonds is 5. The molecular weight excluding hydrogens is 452 g/mol. The lowest BCUT2D eigenvalue weighted by Gasteiger charge is -2.09. The van der Waals surface area contributed by atoms with Crippen molar-refractivity contribution in [3.8, 4) is 0 Å². The monoisotopic (exact) mass is 465 g/mol. The largest absolute Gasteiger partial charge is 0.297 e. The Hall–Kier alpha value is -2.89. The van der Waals surface area contributed by atoms with E-state index in [1.807, 2.05) is 6.92 Å². The Kier molecular flexibility index (Phi) is 5.26. The number of hydrogen-bond acceptors (Lipinski definition) is 6. The summed E-state index contributed by atoms with van der Waals surface area (Å²) >= 11 is 1.91. The Morgan fingerprint density at radius 1 is 1.07 bits per heavy atom. The lowest BCUT2D eigenvalue weighted by molar-refractivity contribution is 0.102. The first-order valence-corrected chi connectivity index (χ1v) is 11.6. The standard InChI is InChI=1S/C19H13F2N3O3S3/c1-10-2-4-11(5-3-10)24-30(26,27)16-6-7-28-17(16)18(25)23-19-22-14-8-12(20)13(21)9-15(14)29-19/h2-9,24H,1H3,(H,22,23,25). The van der Waals surface area contributed by atoms with Gasteiger partial charge in [-0.1, -0.05) is 29.0 Å². The van der Waals surface area contributed by atoms with E-state index >= 15 is 0 Å². The third-order valence-corrected chi connectivity index (χ3v) is 7.48. The average Bonchev–Trinajstić information content (AvgIpc) is 3.31. The predicted octanol–water partition coefficient (Wildman–Crippen LogP) is 5.00. The maximum atomic E-state index is 13.4. The Bertz CT molecular complexity index is 1320. The molecule has 11 heteroatoms. The minimum absolute atomic E-state index is 0.0359. The van der Waals surface area contributed by atoms with Crippen LogP contribution in [0.25, 0.3) is 10.2 Å². The van der Waals surface area contributed by atoms with Crippen molar-refractivity contribution in [1.82, 2.24) is 4.98 Å². The summed E-state index contributed by atoms with van der Waals surface area (Å²) in [4.78, 5) is 16.5. The van der Waals surface area contributed by atoms with Gasteiger partial charge < -0.3 is 0 Å². The SMILES string of the molecule is Cc1ccc(NS(=O)(=O)c2ccsc2C(=O)Nc2nc3cc(F)c(F)cc3s2)cc1. The number of carbonyl (C=O) groups excluding carboxylic acids is 1. The molecule has 2 heterocycles. The van der Waals surface area contributed by atoms with Crippen molar-refractivity contribution in [2.45, 2.75) is 11.8 Å². The fourth-order valence-corrected chi connectivity index (χ4v) is 5.89. The van der Waals surface area contributed by atoms with Crippen LogP contribution in [0.4, 0.5) is 19.6 Å². The molecule has 30 heavy (non-hydrogen) atoms. The van der Waals surface area contributed by atoms with Crippen molar-refractivity contribution in [2.24, 2.45) is 0 Å². The number of halogens is 2. The van der Waals surface area contributed by atoms with E-state index in [-0.39, 0.29) is 20.4 Å². The lowest BCUT2D eigenvalue weighted by atomic mass is 10.2. The zero-order valence-electron chi connectivity index (χ0n) is 15.3. The second-order valence-corrected chi connectivity index (χ2v) is 9.89. The van der Waals surface area contributed by atoms with Crippen LogP contribution in [0.2, 0.25) is 0 Å². The van der Waals surface area contributed by atoms with E-state index in [1.54, 1.807) is 24.3 Å². The second kappa shape index (κ2) is 7.74. The highest BCUT2D eigenvalue weighted by molar-refractivity contribution is 7.93. The zero-order valence-corrected chi connectivity index (χ0v) is 17.7. The number of carbonyl (C=O) groups is 1. The van der Waals surface area contributed by atoms with Crippen LogP contribution < -0.4 is 10.0 Å². The van der Waals surface area contributed by atoms with Gasteiger partial charge in [-0.3, -0.25) is 14.8 Å². The van der Waals surface area contributed by atoms with Gasteiger partial charge in [0, 0.05) is 11.8 Å². The van der Waals surface area contributed by atoms with E-state index in [9.17, 15) is 22.0 Å².